The Morgan fingerprint density at radius 1 is 1.60 bits per heavy atom. The van der Waals surface area contributed by atoms with Gasteiger partial charge in [-0.1, -0.05) is 6.92 Å². The molecule has 0 aliphatic carbocycles. The van der Waals surface area contributed by atoms with E-state index in [9.17, 15) is 0 Å². The van der Waals surface area contributed by atoms with E-state index in [0.717, 1.165) is 43.3 Å². The predicted molar refractivity (Wildman–Crippen MR) is 81.5 cm³/mol. The minimum absolute atomic E-state index is 0.244. The Morgan fingerprint density at radius 3 is 3.25 bits per heavy atom. The van der Waals surface area contributed by atoms with Crippen LogP contribution in [0.5, 0.6) is 0 Å². The fourth-order valence-electron chi connectivity index (χ4n) is 2.75. The van der Waals surface area contributed by atoms with Crippen molar-refractivity contribution in [2.45, 2.75) is 25.5 Å². The molecule has 110 valence electrons. The van der Waals surface area contributed by atoms with Crippen molar-refractivity contribution in [3.63, 3.8) is 0 Å². The molecule has 0 aromatic carbocycles. The quantitative estimate of drug-likeness (QED) is 0.901. The molecular formula is C14H22N4OS. The number of imidazole rings is 1. The second-order valence-electron chi connectivity index (χ2n) is 5.36. The molecular weight excluding hydrogens is 272 g/mol. The third kappa shape index (κ3) is 3.03. The molecule has 20 heavy (non-hydrogen) atoms. The zero-order chi connectivity index (χ0) is 13.9. The van der Waals surface area contributed by atoms with Crippen molar-refractivity contribution < 1.29 is 4.74 Å². The summed E-state index contributed by atoms with van der Waals surface area (Å²) in [5, 5.41) is 5.62. The van der Waals surface area contributed by atoms with Crippen LogP contribution in [0.4, 0.5) is 0 Å². The number of morpholine rings is 1. The van der Waals surface area contributed by atoms with Crippen molar-refractivity contribution in [1.82, 2.24) is 19.6 Å². The SMILES string of the molecule is CCNC(Cc1cn2ccsc2n1)C1CN(C)CCO1. The van der Waals surface area contributed by atoms with Crippen molar-refractivity contribution >= 4 is 16.3 Å². The molecule has 2 unspecified atom stereocenters. The van der Waals surface area contributed by atoms with Crippen molar-refractivity contribution in [3.8, 4) is 0 Å². The maximum Gasteiger partial charge on any atom is 0.193 e. The lowest BCUT2D eigenvalue weighted by Crippen LogP contribution is -2.52. The molecule has 5 nitrogen and oxygen atoms in total. The predicted octanol–water partition coefficient (Wildman–Crippen LogP) is 1.25. The Kier molecular flexibility index (Phi) is 4.35. The average molecular weight is 294 g/mol. The average Bonchev–Trinajstić information content (AvgIpc) is 2.99. The standard InChI is InChI=1S/C14H22N4OS/c1-3-15-12(13-10-17(2)4-6-19-13)8-11-9-18-5-7-20-14(18)16-11/h5,7,9,12-13,15H,3-4,6,8,10H2,1-2H3. The Hall–Kier alpha value is -0.950. The molecule has 6 heteroatoms. The highest BCUT2D eigenvalue weighted by atomic mass is 32.1. The van der Waals surface area contributed by atoms with E-state index in [1.165, 1.54) is 0 Å². The molecule has 0 radical (unpaired) electrons. The number of thiazole rings is 1. The maximum atomic E-state index is 5.95. The van der Waals surface area contributed by atoms with Crippen LogP contribution in [0, 0.1) is 0 Å². The monoisotopic (exact) mass is 294 g/mol. The van der Waals surface area contributed by atoms with Crippen LogP contribution in [0.3, 0.4) is 0 Å². The molecule has 1 aliphatic rings. The first-order valence-electron chi connectivity index (χ1n) is 7.21. The molecule has 1 fully saturated rings. The molecule has 2 aromatic rings. The molecule has 1 saturated heterocycles. The first-order chi connectivity index (χ1) is 9.76. The number of fused-ring (bicyclic) bond motifs is 1. The van der Waals surface area contributed by atoms with E-state index in [0.29, 0.717) is 6.04 Å². The van der Waals surface area contributed by atoms with Gasteiger partial charge < -0.3 is 15.0 Å². The van der Waals surface area contributed by atoms with Crippen molar-refractivity contribution in [2.24, 2.45) is 0 Å². The summed E-state index contributed by atoms with van der Waals surface area (Å²) >= 11 is 1.68. The number of hydrogen-bond acceptors (Lipinski definition) is 5. The van der Waals surface area contributed by atoms with E-state index < -0.39 is 0 Å². The van der Waals surface area contributed by atoms with Gasteiger partial charge in [-0.25, -0.2) is 4.98 Å². The molecule has 0 bridgehead atoms. The van der Waals surface area contributed by atoms with Crippen molar-refractivity contribution in [3.05, 3.63) is 23.5 Å². The second kappa shape index (κ2) is 6.22. The van der Waals surface area contributed by atoms with Crippen molar-refractivity contribution in [2.75, 3.05) is 33.3 Å². The van der Waals surface area contributed by atoms with Gasteiger partial charge in [0.1, 0.15) is 0 Å². The fourth-order valence-corrected chi connectivity index (χ4v) is 3.47. The Morgan fingerprint density at radius 2 is 2.50 bits per heavy atom. The number of ether oxygens (including phenoxy) is 1. The van der Waals surface area contributed by atoms with Gasteiger partial charge in [-0.05, 0) is 13.6 Å². The maximum absolute atomic E-state index is 5.95. The third-order valence-electron chi connectivity index (χ3n) is 3.78. The molecule has 1 aliphatic heterocycles. The van der Waals surface area contributed by atoms with Gasteiger partial charge in [-0.15, -0.1) is 11.3 Å². The number of rotatable bonds is 5. The van der Waals surface area contributed by atoms with E-state index in [1.807, 2.05) is 0 Å². The molecule has 2 aromatic heterocycles. The normalized spacial score (nSPS) is 22.4. The van der Waals surface area contributed by atoms with Gasteiger partial charge in [-0.2, -0.15) is 0 Å². The number of hydrogen-bond donors (Lipinski definition) is 1. The summed E-state index contributed by atoms with van der Waals surface area (Å²) < 4.78 is 8.05. The zero-order valence-electron chi connectivity index (χ0n) is 12.1. The van der Waals surface area contributed by atoms with Crippen molar-refractivity contribution in [1.29, 1.82) is 0 Å². The number of nitrogens with one attached hydrogen (secondary N) is 1. The van der Waals surface area contributed by atoms with Gasteiger partial charge >= 0.3 is 0 Å². The lowest BCUT2D eigenvalue weighted by molar-refractivity contribution is -0.0382. The molecule has 3 rings (SSSR count). The summed E-state index contributed by atoms with van der Waals surface area (Å²) in [5.41, 5.74) is 1.14. The van der Waals surface area contributed by atoms with Crippen LogP contribution in [0.15, 0.2) is 17.8 Å². The second-order valence-corrected chi connectivity index (χ2v) is 6.24. The van der Waals surface area contributed by atoms with Crippen LogP contribution < -0.4 is 5.32 Å². The van der Waals surface area contributed by atoms with Gasteiger partial charge in [0.2, 0.25) is 0 Å². The number of aromatic nitrogens is 2. The van der Waals surface area contributed by atoms with Gasteiger partial charge in [0.15, 0.2) is 4.96 Å². The first-order valence-corrected chi connectivity index (χ1v) is 8.09. The highest BCUT2D eigenvalue weighted by Gasteiger charge is 2.27. The summed E-state index contributed by atoms with van der Waals surface area (Å²) in [6.07, 6.45) is 5.35. The van der Waals surface area contributed by atoms with Crippen LogP contribution in [0.2, 0.25) is 0 Å². The van der Waals surface area contributed by atoms with Crippen LogP contribution in [0.25, 0.3) is 4.96 Å². The molecule has 0 spiro atoms. The molecule has 2 atom stereocenters. The number of nitrogens with zero attached hydrogens (tertiary/aromatic N) is 3. The van der Waals surface area contributed by atoms with E-state index in [4.69, 9.17) is 4.74 Å². The van der Waals surface area contributed by atoms with Crippen LogP contribution in [0.1, 0.15) is 12.6 Å². The van der Waals surface area contributed by atoms with E-state index in [1.54, 1.807) is 11.3 Å². The number of likely N-dealkylation sites (N-methyl/N-ethyl adjacent to an activating group) is 2. The van der Waals surface area contributed by atoms with Gasteiger partial charge in [0.25, 0.3) is 0 Å². The lowest BCUT2D eigenvalue weighted by Gasteiger charge is -2.35. The molecule has 3 heterocycles. The van der Waals surface area contributed by atoms with E-state index in [-0.39, 0.29) is 6.10 Å². The van der Waals surface area contributed by atoms with Crippen LogP contribution >= 0.6 is 11.3 Å². The summed E-state index contributed by atoms with van der Waals surface area (Å²) in [4.78, 5) is 8.09. The molecule has 0 saturated carbocycles. The third-order valence-corrected chi connectivity index (χ3v) is 4.55. The van der Waals surface area contributed by atoms with Gasteiger partial charge in [0.05, 0.1) is 18.4 Å². The topological polar surface area (TPSA) is 41.8 Å². The van der Waals surface area contributed by atoms with Crippen LogP contribution in [-0.2, 0) is 11.2 Å². The highest BCUT2D eigenvalue weighted by Crippen LogP contribution is 2.16. The Labute approximate surface area is 123 Å². The smallest absolute Gasteiger partial charge is 0.193 e. The van der Waals surface area contributed by atoms with Gasteiger partial charge in [-0.3, -0.25) is 4.40 Å². The minimum Gasteiger partial charge on any atom is -0.374 e. The fraction of sp³-hybridized carbons (Fsp3) is 0.643. The Bertz CT molecular complexity index is 524. The zero-order valence-corrected chi connectivity index (χ0v) is 12.9. The summed E-state index contributed by atoms with van der Waals surface area (Å²) in [7, 11) is 2.16. The summed E-state index contributed by atoms with van der Waals surface area (Å²) in [6, 6.07) is 0.326. The summed E-state index contributed by atoms with van der Waals surface area (Å²) in [6.45, 7) is 5.93. The lowest BCUT2D eigenvalue weighted by atomic mass is 10.0. The Balaban J connectivity index is 1.71. The molecule has 0 amide bonds. The largest absolute Gasteiger partial charge is 0.374 e. The van der Waals surface area contributed by atoms with E-state index in [2.05, 4.69) is 51.3 Å². The van der Waals surface area contributed by atoms with Gasteiger partial charge in [0, 0.05) is 43.3 Å². The van der Waals surface area contributed by atoms with Crippen LogP contribution in [-0.4, -0.2) is 59.7 Å². The molecule has 1 N–H and O–H groups in total. The summed E-state index contributed by atoms with van der Waals surface area (Å²) in [5.74, 6) is 0. The highest BCUT2D eigenvalue weighted by molar-refractivity contribution is 7.15. The van der Waals surface area contributed by atoms with E-state index >= 15 is 0 Å². The first kappa shape index (κ1) is 14.0. The minimum atomic E-state index is 0.244.